The second-order valence-corrected chi connectivity index (χ2v) is 5.43. The van der Waals surface area contributed by atoms with E-state index in [2.05, 4.69) is 20.6 Å². The summed E-state index contributed by atoms with van der Waals surface area (Å²) >= 11 is 0. The molecule has 2 aromatic carbocycles. The van der Waals surface area contributed by atoms with E-state index in [1.165, 1.54) is 18.5 Å². The van der Waals surface area contributed by atoms with Gasteiger partial charge in [-0.2, -0.15) is 0 Å². The van der Waals surface area contributed by atoms with Crippen LogP contribution in [0.15, 0.2) is 54.9 Å². The lowest BCUT2D eigenvalue weighted by atomic mass is 10.2. The molecule has 0 atom stereocenters. The van der Waals surface area contributed by atoms with Crippen LogP contribution in [-0.2, 0) is 4.74 Å². The Morgan fingerprint density at radius 3 is 2.26 bits per heavy atom. The first-order valence-electron chi connectivity index (χ1n) is 8.14. The molecule has 0 amide bonds. The number of carbonyl (C=O) groups excluding carboxylic acids is 1. The van der Waals surface area contributed by atoms with Crippen LogP contribution in [-0.4, -0.2) is 22.5 Å². The van der Waals surface area contributed by atoms with Crippen molar-refractivity contribution in [1.82, 2.24) is 9.97 Å². The standard InChI is InChI=1S/C19H16F2N4O2/c1-2-27-19(26)12-6-8-13(9-7-12)24-16-10-17(23-11-22-16)25-18-14(20)4-3-5-15(18)21/h3-11H,2H2,1H3,(H2,22,23,24,25). The number of nitrogens with zero attached hydrogens (tertiary/aromatic N) is 2. The lowest BCUT2D eigenvalue weighted by molar-refractivity contribution is 0.0526. The predicted octanol–water partition coefficient (Wildman–Crippen LogP) is 4.42. The first-order valence-corrected chi connectivity index (χ1v) is 8.14. The molecule has 0 radical (unpaired) electrons. The van der Waals surface area contributed by atoms with E-state index in [9.17, 15) is 13.6 Å². The highest BCUT2D eigenvalue weighted by atomic mass is 19.1. The number of rotatable bonds is 6. The van der Waals surface area contributed by atoms with Crippen LogP contribution in [0.1, 0.15) is 17.3 Å². The molecule has 0 saturated carbocycles. The van der Waals surface area contributed by atoms with Crippen molar-refractivity contribution in [2.45, 2.75) is 6.92 Å². The third-order valence-electron chi connectivity index (χ3n) is 3.55. The summed E-state index contributed by atoms with van der Waals surface area (Å²) in [6.45, 7) is 2.04. The van der Waals surface area contributed by atoms with E-state index in [0.717, 1.165) is 12.1 Å². The number of aromatic nitrogens is 2. The summed E-state index contributed by atoms with van der Waals surface area (Å²) in [4.78, 5) is 19.7. The molecule has 138 valence electrons. The molecular formula is C19H16F2N4O2. The van der Waals surface area contributed by atoms with Crippen LogP contribution in [0.2, 0.25) is 0 Å². The van der Waals surface area contributed by atoms with Crippen molar-refractivity contribution in [1.29, 1.82) is 0 Å². The van der Waals surface area contributed by atoms with Gasteiger partial charge in [0.2, 0.25) is 0 Å². The second kappa shape index (κ2) is 8.22. The smallest absolute Gasteiger partial charge is 0.338 e. The Balaban J connectivity index is 1.73. The summed E-state index contributed by atoms with van der Waals surface area (Å²) in [7, 11) is 0. The van der Waals surface area contributed by atoms with Gasteiger partial charge in [-0.25, -0.2) is 23.5 Å². The summed E-state index contributed by atoms with van der Waals surface area (Å²) in [5, 5.41) is 5.63. The molecular weight excluding hydrogens is 354 g/mol. The maximum Gasteiger partial charge on any atom is 0.338 e. The van der Waals surface area contributed by atoms with E-state index < -0.39 is 17.6 Å². The molecule has 6 nitrogen and oxygen atoms in total. The van der Waals surface area contributed by atoms with Crippen molar-refractivity contribution in [3.63, 3.8) is 0 Å². The Labute approximate surface area is 154 Å². The maximum absolute atomic E-state index is 13.7. The van der Waals surface area contributed by atoms with Gasteiger partial charge in [0.05, 0.1) is 12.2 Å². The summed E-state index contributed by atoms with van der Waals surface area (Å²) in [5.74, 6) is -1.22. The fourth-order valence-corrected chi connectivity index (χ4v) is 2.29. The minimum absolute atomic E-state index is 0.222. The third-order valence-corrected chi connectivity index (χ3v) is 3.55. The Morgan fingerprint density at radius 1 is 1.00 bits per heavy atom. The largest absolute Gasteiger partial charge is 0.462 e. The highest BCUT2D eigenvalue weighted by Gasteiger charge is 2.10. The molecule has 0 bridgehead atoms. The third kappa shape index (κ3) is 4.55. The zero-order valence-corrected chi connectivity index (χ0v) is 14.4. The maximum atomic E-state index is 13.7. The zero-order valence-electron chi connectivity index (χ0n) is 14.4. The van der Waals surface area contributed by atoms with Crippen LogP contribution in [0.5, 0.6) is 0 Å². The van der Waals surface area contributed by atoms with Crippen LogP contribution in [0, 0.1) is 11.6 Å². The van der Waals surface area contributed by atoms with Gasteiger partial charge < -0.3 is 15.4 Å². The molecule has 0 unspecified atom stereocenters. The lowest BCUT2D eigenvalue weighted by Gasteiger charge is -2.10. The van der Waals surface area contributed by atoms with Gasteiger partial charge in [0.1, 0.15) is 35.3 Å². The number of ether oxygens (including phenoxy) is 1. The molecule has 1 aromatic heterocycles. The first-order chi connectivity index (χ1) is 13.1. The molecule has 0 spiro atoms. The fourth-order valence-electron chi connectivity index (χ4n) is 2.29. The van der Waals surface area contributed by atoms with Gasteiger partial charge in [0.25, 0.3) is 0 Å². The molecule has 0 aliphatic rings. The van der Waals surface area contributed by atoms with Crippen LogP contribution < -0.4 is 10.6 Å². The van der Waals surface area contributed by atoms with Gasteiger partial charge in [-0.05, 0) is 43.3 Å². The highest BCUT2D eigenvalue weighted by Crippen LogP contribution is 2.23. The molecule has 0 saturated heterocycles. The minimum atomic E-state index is -0.724. The van der Waals surface area contributed by atoms with Gasteiger partial charge in [0, 0.05) is 11.8 Å². The number of anilines is 4. The van der Waals surface area contributed by atoms with Crippen LogP contribution in [0.3, 0.4) is 0 Å². The van der Waals surface area contributed by atoms with Gasteiger partial charge in [-0.3, -0.25) is 0 Å². The number of benzene rings is 2. The normalized spacial score (nSPS) is 10.3. The number of nitrogens with one attached hydrogen (secondary N) is 2. The average molecular weight is 370 g/mol. The van der Waals surface area contributed by atoms with E-state index in [4.69, 9.17) is 4.74 Å². The van der Waals surface area contributed by atoms with Crippen LogP contribution in [0.4, 0.5) is 31.8 Å². The van der Waals surface area contributed by atoms with Crippen molar-refractivity contribution in [2.75, 3.05) is 17.2 Å². The van der Waals surface area contributed by atoms with Crippen molar-refractivity contribution in [2.24, 2.45) is 0 Å². The highest BCUT2D eigenvalue weighted by molar-refractivity contribution is 5.89. The molecule has 27 heavy (non-hydrogen) atoms. The summed E-state index contributed by atoms with van der Waals surface area (Å²) in [6.07, 6.45) is 1.26. The number of halogens is 2. The number of hydrogen-bond donors (Lipinski definition) is 2. The molecule has 0 aliphatic carbocycles. The Kier molecular flexibility index (Phi) is 5.55. The quantitative estimate of drug-likeness (QED) is 0.626. The SMILES string of the molecule is CCOC(=O)c1ccc(Nc2cc(Nc3c(F)cccc3F)ncn2)cc1. The van der Waals surface area contributed by atoms with E-state index in [1.807, 2.05) is 0 Å². The Bertz CT molecular complexity index is 928. The van der Waals surface area contributed by atoms with Gasteiger partial charge in [-0.15, -0.1) is 0 Å². The minimum Gasteiger partial charge on any atom is -0.462 e. The summed E-state index contributed by atoms with van der Waals surface area (Å²) in [5.41, 5.74) is 0.813. The van der Waals surface area contributed by atoms with Crippen molar-refractivity contribution >= 4 is 29.0 Å². The molecule has 3 rings (SSSR count). The molecule has 0 fully saturated rings. The van der Waals surface area contributed by atoms with Crippen LogP contribution >= 0.6 is 0 Å². The van der Waals surface area contributed by atoms with E-state index in [-0.39, 0.29) is 11.5 Å². The number of para-hydroxylation sites is 1. The molecule has 8 heteroatoms. The molecule has 0 aliphatic heterocycles. The van der Waals surface area contributed by atoms with E-state index >= 15 is 0 Å². The lowest BCUT2D eigenvalue weighted by Crippen LogP contribution is -2.04. The fraction of sp³-hybridized carbons (Fsp3) is 0.105. The van der Waals surface area contributed by atoms with Crippen molar-refractivity contribution < 1.29 is 18.3 Å². The second-order valence-electron chi connectivity index (χ2n) is 5.43. The molecule has 3 aromatic rings. The molecule has 2 N–H and O–H groups in total. The Morgan fingerprint density at radius 2 is 1.63 bits per heavy atom. The van der Waals surface area contributed by atoms with Crippen molar-refractivity contribution in [3.05, 3.63) is 72.1 Å². The van der Waals surface area contributed by atoms with Gasteiger partial charge >= 0.3 is 5.97 Å². The zero-order chi connectivity index (χ0) is 19.2. The van der Waals surface area contributed by atoms with Crippen molar-refractivity contribution in [3.8, 4) is 0 Å². The summed E-state index contributed by atoms with van der Waals surface area (Å²) < 4.78 is 32.4. The first kappa shape index (κ1) is 18.2. The number of carbonyl (C=O) groups is 1. The number of esters is 1. The molecule has 1 heterocycles. The summed E-state index contributed by atoms with van der Waals surface area (Å²) in [6, 6.07) is 11.7. The van der Waals surface area contributed by atoms with E-state index in [1.54, 1.807) is 31.2 Å². The Hall–Kier alpha value is -3.55. The average Bonchev–Trinajstić information content (AvgIpc) is 2.66. The van der Waals surface area contributed by atoms with Gasteiger partial charge in [0.15, 0.2) is 0 Å². The topological polar surface area (TPSA) is 76.1 Å². The predicted molar refractivity (Wildman–Crippen MR) is 97.4 cm³/mol. The monoisotopic (exact) mass is 370 g/mol. The van der Waals surface area contributed by atoms with Gasteiger partial charge in [-0.1, -0.05) is 6.07 Å². The van der Waals surface area contributed by atoms with Crippen LogP contribution in [0.25, 0.3) is 0 Å². The van der Waals surface area contributed by atoms with E-state index in [0.29, 0.717) is 23.7 Å². The number of hydrogen-bond acceptors (Lipinski definition) is 6.